The zero-order chi connectivity index (χ0) is 7.56. The Bertz CT molecular complexity index is 336. The monoisotopic (exact) mass is 130 g/mol. The van der Waals surface area contributed by atoms with Gasteiger partial charge in [-0.1, -0.05) is 5.46 Å². The lowest BCUT2D eigenvalue weighted by atomic mass is 9.94. The van der Waals surface area contributed by atoms with Gasteiger partial charge in [-0.15, -0.1) is 0 Å². The predicted octanol–water partition coefficient (Wildman–Crippen LogP) is -0.960. The Kier molecular flexibility index (Phi) is 1.59. The van der Waals surface area contributed by atoms with E-state index in [9.17, 15) is 4.79 Å². The van der Waals surface area contributed by atoms with E-state index < -0.39 is 0 Å². The summed E-state index contributed by atoms with van der Waals surface area (Å²) in [6.07, 6.45) is 1.31. The Labute approximate surface area is 58.7 Å². The van der Waals surface area contributed by atoms with Crippen LogP contribution in [0.15, 0.2) is 17.1 Å². The molecule has 0 unspecified atom stereocenters. The minimum absolute atomic E-state index is 0.212. The second-order valence-corrected chi connectivity index (χ2v) is 1.78. The lowest BCUT2D eigenvalue weighted by Gasteiger charge is -1.91. The molecule has 1 N–H and O–H groups in total. The lowest BCUT2D eigenvalue weighted by Crippen LogP contribution is -2.16. The van der Waals surface area contributed by atoms with Crippen molar-refractivity contribution < 1.29 is 0 Å². The van der Waals surface area contributed by atoms with Gasteiger partial charge in [-0.05, 0) is 6.20 Å². The number of nitrogens with one attached hydrogen (secondary N) is 1. The predicted molar refractivity (Wildman–Crippen MR) is 37.2 cm³/mol. The van der Waals surface area contributed by atoms with Gasteiger partial charge in [0.25, 0.3) is 0 Å². The maximum Gasteiger partial charge on any atom is 0.249 e. The Morgan fingerprint density at radius 3 is 2.90 bits per heavy atom. The first-order chi connectivity index (χ1) is 4.74. The topological polar surface area (TPSA) is 56.6 Å². The van der Waals surface area contributed by atoms with Gasteiger partial charge < -0.3 is 4.98 Å². The maximum atomic E-state index is 10.5. The van der Waals surface area contributed by atoms with Crippen LogP contribution in [0, 0.1) is 11.3 Å². The molecule has 0 aliphatic carbocycles. The number of aromatic amines is 1. The second-order valence-electron chi connectivity index (χ2n) is 1.78. The smallest absolute Gasteiger partial charge is 0.249 e. The van der Waals surface area contributed by atoms with Crippen LogP contribution in [0.1, 0.15) is 5.56 Å². The molecule has 4 heteroatoms. The first-order valence-corrected chi connectivity index (χ1v) is 2.62. The van der Waals surface area contributed by atoms with E-state index in [4.69, 9.17) is 13.1 Å². The fourth-order valence-electron chi connectivity index (χ4n) is 0.580. The van der Waals surface area contributed by atoms with Gasteiger partial charge in [0.05, 0.1) is 11.6 Å². The summed E-state index contributed by atoms with van der Waals surface area (Å²) < 4.78 is 0. The number of hydrogen-bond donors (Lipinski definition) is 1. The van der Waals surface area contributed by atoms with E-state index in [0.717, 1.165) is 6.07 Å². The van der Waals surface area contributed by atoms with E-state index in [1.807, 2.05) is 0 Å². The van der Waals surface area contributed by atoms with Gasteiger partial charge in [0.1, 0.15) is 7.85 Å². The van der Waals surface area contributed by atoms with E-state index >= 15 is 0 Å². The number of hydrogen-bond acceptors (Lipinski definition) is 2. The molecular formula is C6H3BN2O. The van der Waals surface area contributed by atoms with Gasteiger partial charge in [-0.2, -0.15) is 5.26 Å². The molecular weight excluding hydrogens is 127 g/mol. The van der Waals surface area contributed by atoms with Crippen molar-refractivity contribution in [3.8, 4) is 6.07 Å². The van der Waals surface area contributed by atoms with Crippen molar-refractivity contribution in [3.05, 3.63) is 28.2 Å². The van der Waals surface area contributed by atoms with Gasteiger partial charge in [-0.25, -0.2) is 0 Å². The van der Waals surface area contributed by atoms with Crippen LogP contribution in [0.3, 0.4) is 0 Å². The first-order valence-electron chi connectivity index (χ1n) is 2.62. The highest BCUT2D eigenvalue weighted by Crippen LogP contribution is 1.81. The van der Waals surface area contributed by atoms with Gasteiger partial charge in [0.2, 0.25) is 5.56 Å². The van der Waals surface area contributed by atoms with Crippen LogP contribution in [0.5, 0.6) is 0 Å². The fraction of sp³-hybridized carbons (Fsp3) is 0. The van der Waals surface area contributed by atoms with Crippen molar-refractivity contribution in [2.45, 2.75) is 0 Å². The molecule has 0 aromatic carbocycles. The molecule has 0 saturated carbocycles. The average Bonchev–Trinajstić information content (AvgIpc) is 1.94. The van der Waals surface area contributed by atoms with Crippen molar-refractivity contribution in [2.24, 2.45) is 0 Å². The molecule has 0 fully saturated rings. The Morgan fingerprint density at radius 2 is 2.40 bits per heavy atom. The molecule has 0 atom stereocenters. The van der Waals surface area contributed by atoms with Crippen LogP contribution in [0.25, 0.3) is 0 Å². The lowest BCUT2D eigenvalue weighted by molar-refractivity contribution is 1.24. The van der Waals surface area contributed by atoms with Gasteiger partial charge >= 0.3 is 0 Å². The molecule has 0 aliphatic rings. The minimum atomic E-state index is -0.314. The summed E-state index contributed by atoms with van der Waals surface area (Å²) in [5, 5.41) is 8.36. The molecule has 1 aromatic rings. The largest absolute Gasteiger partial charge is 0.330 e. The minimum Gasteiger partial charge on any atom is -0.330 e. The van der Waals surface area contributed by atoms with Crippen LogP contribution < -0.4 is 11.0 Å². The summed E-state index contributed by atoms with van der Waals surface area (Å²) >= 11 is 0. The third kappa shape index (κ3) is 1.08. The molecule has 10 heavy (non-hydrogen) atoms. The fourth-order valence-corrected chi connectivity index (χ4v) is 0.580. The van der Waals surface area contributed by atoms with E-state index in [2.05, 4.69) is 4.98 Å². The first kappa shape index (κ1) is 6.62. The molecule has 1 heterocycles. The van der Waals surface area contributed by atoms with E-state index in [0.29, 0.717) is 5.46 Å². The Balaban J connectivity index is 3.40. The van der Waals surface area contributed by atoms with E-state index in [-0.39, 0.29) is 11.1 Å². The van der Waals surface area contributed by atoms with E-state index in [1.165, 1.54) is 6.20 Å². The zero-order valence-electron chi connectivity index (χ0n) is 5.09. The summed E-state index contributed by atoms with van der Waals surface area (Å²) in [5.74, 6) is 0. The number of nitriles is 1. The SMILES string of the molecule is [B]c1c[nH]c(=O)cc1C#N. The second kappa shape index (κ2) is 2.40. The molecule has 1 rings (SSSR count). The highest BCUT2D eigenvalue weighted by Gasteiger charge is 1.94. The standard InChI is InChI=1S/C6H3BN2O/c7-5-3-9-6(10)1-4(5)2-8/h1,3H,(H,9,10). The quantitative estimate of drug-likeness (QED) is 0.459. The molecule has 0 saturated heterocycles. The van der Waals surface area contributed by atoms with Crippen molar-refractivity contribution in [1.82, 2.24) is 4.98 Å². The summed E-state index contributed by atoms with van der Waals surface area (Å²) in [6.45, 7) is 0. The molecule has 46 valence electrons. The molecule has 0 amide bonds. The number of nitrogens with zero attached hydrogens (tertiary/aromatic N) is 1. The average molecular weight is 130 g/mol. The number of rotatable bonds is 0. The van der Waals surface area contributed by atoms with Gasteiger partial charge in [-0.3, -0.25) is 4.79 Å². The third-order valence-corrected chi connectivity index (χ3v) is 1.08. The molecule has 2 radical (unpaired) electrons. The molecule has 0 spiro atoms. The van der Waals surface area contributed by atoms with Crippen LogP contribution in [-0.4, -0.2) is 12.8 Å². The van der Waals surface area contributed by atoms with Crippen LogP contribution in [0.2, 0.25) is 0 Å². The summed E-state index contributed by atoms with van der Waals surface area (Å²) in [5.41, 5.74) is 0.191. The summed E-state index contributed by atoms with van der Waals surface area (Å²) in [6, 6.07) is 2.95. The zero-order valence-corrected chi connectivity index (χ0v) is 5.09. The Hall–Kier alpha value is -1.50. The summed E-state index contributed by atoms with van der Waals surface area (Å²) in [7, 11) is 5.31. The number of H-pyrrole nitrogens is 1. The highest BCUT2D eigenvalue weighted by atomic mass is 16.1. The van der Waals surface area contributed by atoms with Crippen molar-refractivity contribution in [1.29, 1.82) is 5.26 Å². The van der Waals surface area contributed by atoms with Crippen molar-refractivity contribution >= 4 is 13.3 Å². The Morgan fingerprint density at radius 1 is 1.70 bits per heavy atom. The van der Waals surface area contributed by atoms with Crippen LogP contribution >= 0.6 is 0 Å². The van der Waals surface area contributed by atoms with Crippen molar-refractivity contribution in [3.63, 3.8) is 0 Å². The highest BCUT2D eigenvalue weighted by molar-refractivity contribution is 6.33. The van der Waals surface area contributed by atoms with Crippen LogP contribution in [0.4, 0.5) is 0 Å². The molecule has 1 aromatic heterocycles. The van der Waals surface area contributed by atoms with Crippen molar-refractivity contribution in [2.75, 3.05) is 0 Å². The third-order valence-electron chi connectivity index (χ3n) is 1.08. The summed E-state index contributed by atoms with van der Waals surface area (Å²) in [4.78, 5) is 12.9. The maximum absolute atomic E-state index is 10.5. The van der Waals surface area contributed by atoms with Gasteiger partial charge in [0.15, 0.2) is 0 Å². The van der Waals surface area contributed by atoms with E-state index in [1.54, 1.807) is 6.07 Å². The normalized spacial score (nSPS) is 8.70. The molecule has 0 bridgehead atoms. The molecule has 0 aliphatic heterocycles. The van der Waals surface area contributed by atoms with Gasteiger partial charge in [0, 0.05) is 6.07 Å². The van der Waals surface area contributed by atoms with Crippen LogP contribution in [-0.2, 0) is 0 Å². The number of aromatic nitrogens is 1. The molecule has 3 nitrogen and oxygen atoms in total. The number of pyridine rings is 1.